The molecule has 0 unspecified atom stereocenters. The smallest absolute Gasteiger partial charge is 0.340 e. The first-order chi connectivity index (χ1) is 14.4. The first-order valence-electron chi connectivity index (χ1n) is 9.32. The van der Waals surface area contributed by atoms with E-state index in [2.05, 4.69) is 10.6 Å². The first kappa shape index (κ1) is 21.0. The molecule has 0 aliphatic carbocycles. The number of esters is 1. The van der Waals surface area contributed by atoms with Gasteiger partial charge in [0.15, 0.2) is 6.61 Å². The van der Waals surface area contributed by atoms with Gasteiger partial charge in [-0.15, -0.1) is 0 Å². The topological polar surface area (TPSA) is 105 Å². The number of hydrogen-bond acceptors (Lipinski definition) is 5. The minimum Gasteiger partial charge on any atom is -0.452 e. The summed E-state index contributed by atoms with van der Waals surface area (Å²) in [7, 11) is 0. The van der Waals surface area contributed by atoms with Gasteiger partial charge in [-0.25, -0.2) is 9.18 Å². The maximum absolute atomic E-state index is 12.9. The number of para-hydroxylation sites is 1. The fourth-order valence-electron chi connectivity index (χ4n) is 2.96. The van der Waals surface area contributed by atoms with Crippen LogP contribution in [0.15, 0.2) is 48.5 Å². The Morgan fingerprint density at radius 3 is 2.47 bits per heavy atom. The van der Waals surface area contributed by atoms with Gasteiger partial charge in [-0.3, -0.25) is 14.4 Å². The monoisotopic (exact) mass is 413 g/mol. The number of benzene rings is 2. The number of carbonyl (C=O) groups is 4. The van der Waals surface area contributed by atoms with Crippen molar-refractivity contribution in [2.45, 2.75) is 12.8 Å². The van der Waals surface area contributed by atoms with E-state index in [-0.39, 0.29) is 18.0 Å². The fraction of sp³-hybridized carbons (Fsp3) is 0.238. The molecular formula is C21H20FN3O5. The Labute approximate surface area is 172 Å². The lowest BCUT2D eigenvalue weighted by Crippen LogP contribution is -2.35. The number of amides is 3. The van der Waals surface area contributed by atoms with Crippen LogP contribution in [0.5, 0.6) is 0 Å². The molecule has 0 atom stereocenters. The third kappa shape index (κ3) is 5.40. The molecule has 2 aromatic carbocycles. The Morgan fingerprint density at radius 1 is 1.03 bits per heavy atom. The summed E-state index contributed by atoms with van der Waals surface area (Å²) in [5, 5.41) is 4.82. The second kappa shape index (κ2) is 9.64. The van der Waals surface area contributed by atoms with Crippen molar-refractivity contribution in [3.63, 3.8) is 0 Å². The van der Waals surface area contributed by atoms with Crippen LogP contribution < -0.4 is 15.5 Å². The SMILES string of the molecule is O=C(COC(=O)c1ccccc1N1CCCC1=O)NCC(=O)Nc1ccc(F)cc1. The van der Waals surface area contributed by atoms with Crippen LogP contribution in [0.3, 0.4) is 0 Å². The predicted molar refractivity (Wildman–Crippen MR) is 106 cm³/mol. The highest BCUT2D eigenvalue weighted by Crippen LogP contribution is 2.25. The number of anilines is 2. The second-order valence-corrected chi connectivity index (χ2v) is 6.57. The van der Waals surface area contributed by atoms with Crippen LogP contribution in [-0.2, 0) is 19.1 Å². The summed E-state index contributed by atoms with van der Waals surface area (Å²) in [5.41, 5.74) is 1.02. The molecule has 1 saturated heterocycles. The van der Waals surface area contributed by atoms with E-state index in [0.29, 0.717) is 30.8 Å². The quantitative estimate of drug-likeness (QED) is 0.675. The lowest BCUT2D eigenvalue weighted by atomic mass is 10.1. The predicted octanol–water partition coefficient (Wildman–Crippen LogP) is 1.86. The molecule has 1 aliphatic heterocycles. The van der Waals surface area contributed by atoms with Gasteiger partial charge in [0.1, 0.15) is 5.82 Å². The van der Waals surface area contributed by atoms with E-state index in [0.717, 1.165) is 0 Å². The molecular weight excluding hydrogens is 393 g/mol. The molecule has 0 spiro atoms. The second-order valence-electron chi connectivity index (χ2n) is 6.57. The molecule has 0 aromatic heterocycles. The van der Waals surface area contributed by atoms with Crippen LogP contribution >= 0.6 is 0 Å². The summed E-state index contributed by atoms with van der Waals surface area (Å²) in [6, 6.07) is 11.7. The largest absolute Gasteiger partial charge is 0.452 e. The van der Waals surface area contributed by atoms with Crippen LogP contribution in [-0.4, -0.2) is 43.4 Å². The summed E-state index contributed by atoms with van der Waals surface area (Å²) >= 11 is 0. The van der Waals surface area contributed by atoms with Gasteiger partial charge in [0.05, 0.1) is 17.8 Å². The average Bonchev–Trinajstić information content (AvgIpc) is 3.18. The molecule has 2 aromatic rings. The van der Waals surface area contributed by atoms with Crippen LogP contribution in [0.4, 0.5) is 15.8 Å². The van der Waals surface area contributed by atoms with Crippen molar-refractivity contribution >= 4 is 35.1 Å². The molecule has 9 heteroatoms. The molecule has 156 valence electrons. The van der Waals surface area contributed by atoms with Gasteiger partial charge in [-0.05, 0) is 42.8 Å². The molecule has 2 N–H and O–H groups in total. The highest BCUT2D eigenvalue weighted by Gasteiger charge is 2.26. The minimum atomic E-state index is -0.740. The molecule has 0 saturated carbocycles. The van der Waals surface area contributed by atoms with E-state index < -0.39 is 30.2 Å². The zero-order valence-electron chi connectivity index (χ0n) is 16.0. The van der Waals surface area contributed by atoms with Crippen LogP contribution in [0.2, 0.25) is 0 Å². The number of hydrogen-bond donors (Lipinski definition) is 2. The van der Waals surface area contributed by atoms with E-state index in [1.54, 1.807) is 18.2 Å². The Bertz CT molecular complexity index is 961. The van der Waals surface area contributed by atoms with Gasteiger partial charge in [0, 0.05) is 18.7 Å². The highest BCUT2D eigenvalue weighted by molar-refractivity contribution is 6.04. The Morgan fingerprint density at radius 2 is 1.77 bits per heavy atom. The standard InChI is InChI=1S/C21H20FN3O5/c22-14-7-9-15(10-8-14)24-18(26)12-23-19(27)13-30-21(29)16-4-1-2-5-17(16)25-11-3-6-20(25)28/h1-2,4-5,7-10H,3,6,11-13H2,(H,23,27)(H,24,26). The van der Waals surface area contributed by atoms with E-state index in [1.807, 2.05) is 0 Å². The molecule has 0 bridgehead atoms. The summed E-state index contributed by atoms with van der Waals surface area (Å²) in [6.07, 6.45) is 1.14. The van der Waals surface area contributed by atoms with Crippen molar-refractivity contribution in [2.75, 3.05) is 29.9 Å². The van der Waals surface area contributed by atoms with E-state index >= 15 is 0 Å². The van der Waals surface area contributed by atoms with Crippen LogP contribution in [0.1, 0.15) is 23.2 Å². The van der Waals surface area contributed by atoms with Crippen molar-refractivity contribution in [3.8, 4) is 0 Å². The zero-order valence-corrected chi connectivity index (χ0v) is 16.0. The zero-order chi connectivity index (χ0) is 21.5. The summed E-state index contributed by atoms with van der Waals surface area (Å²) in [5.74, 6) is -2.42. The third-order valence-electron chi connectivity index (χ3n) is 4.40. The Balaban J connectivity index is 1.48. The summed E-state index contributed by atoms with van der Waals surface area (Å²) in [6.45, 7) is -0.398. The number of rotatable bonds is 7. The first-order valence-corrected chi connectivity index (χ1v) is 9.32. The molecule has 30 heavy (non-hydrogen) atoms. The molecule has 3 rings (SSSR count). The highest BCUT2D eigenvalue weighted by atomic mass is 19.1. The normalized spacial score (nSPS) is 13.1. The summed E-state index contributed by atoms with van der Waals surface area (Å²) < 4.78 is 17.9. The summed E-state index contributed by atoms with van der Waals surface area (Å²) in [4.78, 5) is 49.6. The Kier molecular flexibility index (Phi) is 6.74. The third-order valence-corrected chi connectivity index (χ3v) is 4.40. The van der Waals surface area contributed by atoms with Gasteiger partial charge in [-0.1, -0.05) is 12.1 Å². The maximum Gasteiger partial charge on any atom is 0.340 e. The van der Waals surface area contributed by atoms with Gasteiger partial charge >= 0.3 is 5.97 Å². The molecule has 0 radical (unpaired) electrons. The van der Waals surface area contributed by atoms with E-state index in [4.69, 9.17) is 4.74 Å². The van der Waals surface area contributed by atoms with E-state index in [9.17, 15) is 23.6 Å². The lowest BCUT2D eigenvalue weighted by molar-refractivity contribution is -0.126. The van der Waals surface area contributed by atoms with Gasteiger partial charge in [0.25, 0.3) is 5.91 Å². The molecule has 3 amide bonds. The maximum atomic E-state index is 12.9. The number of carbonyl (C=O) groups excluding carboxylic acids is 4. The van der Waals surface area contributed by atoms with Crippen molar-refractivity contribution in [1.82, 2.24) is 5.32 Å². The molecule has 1 fully saturated rings. The number of halogens is 1. The van der Waals surface area contributed by atoms with Crippen molar-refractivity contribution in [2.24, 2.45) is 0 Å². The van der Waals surface area contributed by atoms with Gasteiger partial charge < -0.3 is 20.3 Å². The van der Waals surface area contributed by atoms with Crippen molar-refractivity contribution in [3.05, 3.63) is 59.9 Å². The van der Waals surface area contributed by atoms with Crippen LogP contribution in [0.25, 0.3) is 0 Å². The van der Waals surface area contributed by atoms with Gasteiger partial charge in [0.2, 0.25) is 11.8 Å². The van der Waals surface area contributed by atoms with Crippen LogP contribution in [0, 0.1) is 5.82 Å². The lowest BCUT2D eigenvalue weighted by Gasteiger charge is -2.18. The number of nitrogens with one attached hydrogen (secondary N) is 2. The molecule has 1 heterocycles. The number of ether oxygens (including phenoxy) is 1. The molecule has 1 aliphatic rings. The van der Waals surface area contributed by atoms with Crippen molar-refractivity contribution < 1.29 is 28.3 Å². The van der Waals surface area contributed by atoms with Gasteiger partial charge in [-0.2, -0.15) is 0 Å². The molecule has 8 nitrogen and oxygen atoms in total. The van der Waals surface area contributed by atoms with Crippen molar-refractivity contribution in [1.29, 1.82) is 0 Å². The minimum absolute atomic E-state index is 0.0693. The van der Waals surface area contributed by atoms with E-state index in [1.165, 1.54) is 35.2 Å². The number of nitrogens with zero attached hydrogens (tertiary/aromatic N) is 1. The average molecular weight is 413 g/mol. The fourth-order valence-corrected chi connectivity index (χ4v) is 2.96. The Hall–Kier alpha value is -3.75.